The fourth-order valence-electron chi connectivity index (χ4n) is 1.82. The van der Waals surface area contributed by atoms with E-state index in [9.17, 15) is 15.0 Å². The summed E-state index contributed by atoms with van der Waals surface area (Å²) in [6, 6.07) is 16.5. The Labute approximate surface area is 166 Å². The molecule has 0 aliphatic carbocycles. The molecule has 0 bridgehead atoms. The maximum Gasteiger partial charge on any atom is 1.00 e. The molecular weight excluding hydrogens is 293 g/mol. The maximum atomic E-state index is 11.9. The summed E-state index contributed by atoms with van der Waals surface area (Å²) in [6.07, 6.45) is 0.203. The second-order valence-electron chi connectivity index (χ2n) is 4.34. The van der Waals surface area contributed by atoms with Gasteiger partial charge in [0.25, 0.3) is 0 Å². The van der Waals surface area contributed by atoms with Crippen LogP contribution in [0.25, 0.3) is 0 Å². The van der Waals surface area contributed by atoms with Crippen LogP contribution in [0, 0.1) is 0 Å². The number of hydrogen-bond acceptors (Lipinski definition) is 3. The van der Waals surface area contributed by atoms with Gasteiger partial charge >= 0.3 is 57.4 Å². The van der Waals surface area contributed by atoms with Gasteiger partial charge in [-0.2, -0.15) is 0 Å². The number of aliphatic imine (C=N–C) groups is 1. The first kappa shape index (κ1) is 18.1. The molecule has 0 unspecified atom stereocenters. The van der Waals surface area contributed by atoms with Crippen molar-refractivity contribution in [3.8, 4) is 0 Å². The fourth-order valence-corrected chi connectivity index (χ4v) is 1.82. The zero-order valence-electron chi connectivity index (χ0n) is 11.8. The molecule has 1 N–H and O–H groups in total. The number of aliphatic carboxylic acids is 1. The largest absolute Gasteiger partial charge is 1.00 e. The number of nitrogens with zero attached hydrogens (tertiary/aromatic N) is 1. The second-order valence-corrected chi connectivity index (χ2v) is 4.34. The van der Waals surface area contributed by atoms with Crippen LogP contribution in [0.5, 0.6) is 0 Å². The molecule has 0 aliphatic heterocycles. The predicted molar refractivity (Wildman–Crippen MR) is 74.5 cm³/mol. The van der Waals surface area contributed by atoms with Crippen LogP contribution in [0.4, 0.5) is 0 Å². The third-order valence-corrected chi connectivity index (χ3v) is 2.85. The van der Waals surface area contributed by atoms with Crippen LogP contribution in [-0.2, 0) is 11.2 Å². The smallest absolute Gasteiger partial charge is 0.858 e. The molecule has 0 aromatic heterocycles. The molecular formula is C16H14KNO3. The van der Waals surface area contributed by atoms with E-state index in [4.69, 9.17) is 0 Å². The van der Waals surface area contributed by atoms with Crippen molar-refractivity contribution in [2.75, 3.05) is 0 Å². The Balaban J connectivity index is 0.00000220. The van der Waals surface area contributed by atoms with Crippen LogP contribution in [0.3, 0.4) is 0 Å². The van der Waals surface area contributed by atoms with Crippen LogP contribution in [0.1, 0.15) is 11.1 Å². The summed E-state index contributed by atoms with van der Waals surface area (Å²) in [5.41, 5.74) is 1.23. The zero-order valence-corrected chi connectivity index (χ0v) is 14.9. The molecule has 2 aromatic rings. The number of carboxylic acids is 1. The second kappa shape index (κ2) is 9.12. The Morgan fingerprint density at radius 1 is 1.05 bits per heavy atom. The Morgan fingerprint density at radius 3 is 2.10 bits per heavy atom. The standard InChI is InChI=1S/C16H15NO3.K/c18-15(13-9-5-2-6-10-13)17-14(16(19)20)11-12-7-3-1-4-8-12;/h1-10,14H,11H2,(H,17,18)(H,19,20);/q;+1/p-1/t14-;/m1./s1. The van der Waals surface area contributed by atoms with Crippen LogP contribution in [-0.4, -0.2) is 23.0 Å². The molecule has 102 valence electrons. The van der Waals surface area contributed by atoms with Crippen molar-refractivity contribution >= 4 is 11.9 Å². The topological polar surface area (TPSA) is 72.7 Å². The van der Waals surface area contributed by atoms with Crippen molar-refractivity contribution in [2.24, 2.45) is 4.99 Å². The third-order valence-electron chi connectivity index (χ3n) is 2.85. The van der Waals surface area contributed by atoms with Gasteiger partial charge < -0.3 is 10.2 Å². The van der Waals surface area contributed by atoms with Crippen molar-refractivity contribution in [3.05, 3.63) is 71.8 Å². The molecule has 4 nitrogen and oxygen atoms in total. The molecule has 5 heteroatoms. The summed E-state index contributed by atoms with van der Waals surface area (Å²) in [5, 5.41) is 21.1. The minimum atomic E-state index is -1.10. The van der Waals surface area contributed by atoms with Crippen LogP contribution < -0.4 is 56.5 Å². The quantitative estimate of drug-likeness (QED) is 0.415. The van der Waals surface area contributed by atoms with E-state index in [1.165, 1.54) is 0 Å². The first-order valence-corrected chi connectivity index (χ1v) is 6.24. The van der Waals surface area contributed by atoms with Crippen molar-refractivity contribution in [1.29, 1.82) is 0 Å². The van der Waals surface area contributed by atoms with Gasteiger partial charge in [0.15, 0.2) is 6.04 Å². The van der Waals surface area contributed by atoms with E-state index in [1.807, 2.05) is 30.3 Å². The first-order valence-electron chi connectivity index (χ1n) is 6.24. The molecule has 0 saturated heterocycles. The minimum absolute atomic E-state index is 0. The summed E-state index contributed by atoms with van der Waals surface area (Å²) in [4.78, 5) is 15.0. The molecule has 0 saturated carbocycles. The average Bonchev–Trinajstić information content (AvgIpc) is 2.48. The van der Waals surface area contributed by atoms with Crippen molar-refractivity contribution in [2.45, 2.75) is 12.5 Å². The van der Waals surface area contributed by atoms with Gasteiger partial charge in [0.05, 0.1) is 0 Å². The van der Waals surface area contributed by atoms with E-state index in [0.717, 1.165) is 5.56 Å². The van der Waals surface area contributed by atoms with E-state index < -0.39 is 17.9 Å². The molecule has 2 rings (SSSR count). The average molecular weight is 307 g/mol. The van der Waals surface area contributed by atoms with E-state index in [2.05, 4.69) is 4.99 Å². The van der Waals surface area contributed by atoms with Crippen LogP contribution in [0.15, 0.2) is 65.7 Å². The van der Waals surface area contributed by atoms with E-state index in [0.29, 0.717) is 5.56 Å². The Kier molecular flexibility index (Phi) is 7.85. The van der Waals surface area contributed by atoms with Crippen LogP contribution >= 0.6 is 0 Å². The van der Waals surface area contributed by atoms with Gasteiger partial charge in [-0.3, -0.25) is 4.99 Å². The van der Waals surface area contributed by atoms with Gasteiger partial charge in [-0.25, -0.2) is 4.79 Å². The predicted octanol–water partition coefficient (Wildman–Crippen LogP) is -1.51. The number of carboxylic acid groups (broad SMARTS) is 1. The van der Waals surface area contributed by atoms with Gasteiger partial charge in [-0.1, -0.05) is 60.7 Å². The Hall–Kier alpha value is -0.984. The van der Waals surface area contributed by atoms with Gasteiger partial charge in [0.2, 0.25) is 0 Å². The van der Waals surface area contributed by atoms with Crippen LogP contribution in [0.2, 0.25) is 0 Å². The van der Waals surface area contributed by atoms with E-state index >= 15 is 0 Å². The number of hydrogen-bond donors (Lipinski definition) is 1. The van der Waals surface area contributed by atoms with Crippen molar-refractivity contribution in [3.63, 3.8) is 0 Å². The van der Waals surface area contributed by atoms with Crippen molar-refractivity contribution in [1.82, 2.24) is 0 Å². The van der Waals surface area contributed by atoms with Crippen molar-refractivity contribution < 1.29 is 66.4 Å². The minimum Gasteiger partial charge on any atom is -0.858 e. The summed E-state index contributed by atoms with van der Waals surface area (Å²) in [6.45, 7) is 0. The molecule has 0 fully saturated rings. The molecule has 2 aromatic carbocycles. The summed E-state index contributed by atoms with van der Waals surface area (Å²) < 4.78 is 0. The van der Waals surface area contributed by atoms with E-state index in [-0.39, 0.29) is 57.8 Å². The third kappa shape index (κ3) is 5.72. The first-order chi connectivity index (χ1) is 9.66. The fraction of sp³-hybridized carbons (Fsp3) is 0.125. The molecule has 0 heterocycles. The number of rotatable bonds is 5. The molecule has 21 heavy (non-hydrogen) atoms. The number of benzene rings is 2. The SMILES string of the molecule is O=C(O)[C@@H](Cc1ccccc1)N=C([O-])c1ccccc1.[K+]. The molecule has 0 radical (unpaired) electrons. The monoisotopic (exact) mass is 307 g/mol. The molecule has 0 amide bonds. The van der Waals surface area contributed by atoms with Gasteiger partial charge in [-0.15, -0.1) is 0 Å². The Morgan fingerprint density at radius 2 is 1.57 bits per heavy atom. The number of carbonyl (C=O) groups is 1. The molecule has 0 spiro atoms. The summed E-state index contributed by atoms with van der Waals surface area (Å²) >= 11 is 0. The Bertz CT molecular complexity index is 599. The normalized spacial score (nSPS) is 12.3. The molecule has 1 atom stereocenters. The molecule has 0 aliphatic rings. The zero-order chi connectivity index (χ0) is 14.4. The van der Waals surface area contributed by atoms with Gasteiger partial charge in [0, 0.05) is 6.42 Å². The maximum absolute atomic E-state index is 11.9. The van der Waals surface area contributed by atoms with Gasteiger partial charge in [0.1, 0.15) is 0 Å². The van der Waals surface area contributed by atoms with Gasteiger partial charge in [-0.05, 0) is 17.0 Å². The summed E-state index contributed by atoms with van der Waals surface area (Å²) in [5.74, 6) is -1.60. The summed E-state index contributed by atoms with van der Waals surface area (Å²) in [7, 11) is 0. The van der Waals surface area contributed by atoms with E-state index in [1.54, 1.807) is 30.3 Å².